The third-order valence-electron chi connectivity index (χ3n) is 4.72. The number of hydrazone groups is 1. The first-order chi connectivity index (χ1) is 12.8. The van der Waals surface area contributed by atoms with Crippen LogP contribution in [0.5, 0.6) is 0 Å². The SMILES string of the molecule is O=C(NN=C(c1ccccc1)c1ccccc1)[C@H]1CCn2cncc2C1. The third-order valence-corrected chi connectivity index (χ3v) is 4.72. The van der Waals surface area contributed by atoms with Gasteiger partial charge >= 0.3 is 0 Å². The third kappa shape index (κ3) is 3.42. The largest absolute Gasteiger partial charge is 0.335 e. The van der Waals surface area contributed by atoms with Crippen molar-refractivity contribution in [1.29, 1.82) is 0 Å². The molecule has 5 nitrogen and oxygen atoms in total. The summed E-state index contributed by atoms with van der Waals surface area (Å²) in [5, 5.41) is 4.48. The molecule has 2 aromatic carbocycles. The molecule has 1 aliphatic rings. The Hall–Kier alpha value is -3.21. The Kier molecular flexibility index (Phi) is 4.60. The summed E-state index contributed by atoms with van der Waals surface area (Å²) in [7, 11) is 0. The van der Waals surface area contributed by atoms with Crippen molar-refractivity contribution >= 4 is 11.6 Å². The van der Waals surface area contributed by atoms with Gasteiger partial charge in [-0.2, -0.15) is 5.10 Å². The number of carbonyl (C=O) groups excluding carboxylic acids is 1. The molecular formula is C21H20N4O. The highest BCUT2D eigenvalue weighted by atomic mass is 16.2. The topological polar surface area (TPSA) is 59.3 Å². The minimum atomic E-state index is -0.0734. The number of nitrogens with zero attached hydrogens (tertiary/aromatic N) is 3. The van der Waals surface area contributed by atoms with Crippen LogP contribution in [0.25, 0.3) is 0 Å². The maximum absolute atomic E-state index is 12.6. The molecule has 5 heteroatoms. The highest BCUT2D eigenvalue weighted by Gasteiger charge is 2.24. The first-order valence-electron chi connectivity index (χ1n) is 8.78. The number of rotatable bonds is 4. The lowest BCUT2D eigenvalue weighted by Gasteiger charge is -2.22. The summed E-state index contributed by atoms with van der Waals surface area (Å²) in [5.41, 5.74) is 6.61. The molecule has 1 aliphatic heterocycles. The molecule has 130 valence electrons. The average molecular weight is 344 g/mol. The number of nitrogens with one attached hydrogen (secondary N) is 1. The van der Waals surface area contributed by atoms with Gasteiger partial charge in [-0.05, 0) is 6.42 Å². The van der Waals surface area contributed by atoms with Gasteiger partial charge in [0.2, 0.25) is 5.91 Å². The maximum atomic E-state index is 12.6. The molecule has 4 rings (SSSR count). The van der Waals surface area contributed by atoms with Crippen molar-refractivity contribution < 1.29 is 4.79 Å². The molecule has 0 spiro atoms. The number of carbonyl (C=O) groups is 1. The fourth-order valence-corrected chi connectivity index (χ4v) is 3.28. The minimum absolute atomic E-state index is 0.0400. The normalized spacial score (nSPS) is 15.8. The fourth-order valence-electron chi connectivity index (χ4n) is 3.28. The predicted molar refractivity (Wildman–Crippen MR) is 101 cm³/mol. The Bertz CT molecular complexity index is 874. The van der Waals surface area contributed by atoms with E-state index in [2.05, 4.69) is 20.1 Å². The molecule has 1 amide bonds. The molecule has 2 heterocycles. The Balaban J connectivity index is 1.55. The summed E-state index contributed by atoms with van der Waals surface area (Å²) in [6.45, 7) is 0.821. The molecule has 1 aromatic heterocycles. The highest BCUT2D eigenvalue weighted by Crippen LogP contribution is 2.20. The van der Waals surface area contributed by atoms with Gasteiger partial charge in [-0.3, -0.25) is 4.79 Å². The highest BCUT2D eigenvalue weighted by molar-refractivity contribution is 6.13. The molecule has 0 radical (unpaired) electrons. The Labute approximate surface area is 152 Å². The molecule has 3 aromatic rings. The lowest BCUT2D eigenvalue weighted by Crippen LogP contribution is -2.33. The number of fused-ring (bicyclic) bond motifs is 1. The zero-order valence-electron chi connectivity index (χ0n) is 14.4. The van der Waals surface area contributed by atoms with Crippen LogP contribution in [0.2, 0.25) is 0 Å². The monoisotopic (exact) mass is 344 g/mol. The van der Waals surface area contributed by atoms with Crippen molar-refractivity contribution in [3.63, 3.8) is 0 Å². The average Bonchev–Trinajstić information content (AvgIpc) is 3.17. The number of hydrogen-bond donors (Lipinski definition) is 1. The van der Waals surface area contributed by atoms with Crippen molar-refractivity contribution in [3.8, 4) is 0 Å². The van der Waals surface area contributed by atoms with E-state index in [1.807, 2.05) is 73.2 Å². The number of aryl methyl sites for hydroxylation is 1. The molecule has 26 heavy (non-hydrogen) atoms. The van der Waals surface area contributed by atoms with Gasteiger partial charge in [-0.1, -0.05) is 60.7 Å². The van der Waals surface area contributed by atoms with E-state index in [4.69, 9.17) is 0 Å². The molecule has 0 unspecified atom stereocenters. The second kappa shape index (κ2) is 7.35. The minimum Gasteiger partial charge on any atom is -0.335 e. The maximum Gasteiger partial charge on any atom is 0.243 e. The van der Waals surface area contributed by atoms with Crippen molar-refractivity contribution in [2.24, 2.45) is 11.0 Å². The fraction of sp³-hybridized carbons (Fsp3) is 0.190. The molecule has 1 N–H and O–H groups in total. The lowest BCUT2D eigenvalue weighted by atomic mass is 9.96. The number of benzene rings is 2. The zero-order chi connectivity index (χ0) is 17.8. The van der Waals surface area contributed by atoms with E-state index < -0.39 is 0 Å². The van der Waals surface area contributed by atoms with Gasteiger partial charge in [-0.25, -0.2) is 10.4 Å². The standard InChI is InChI=1S/C21H20N4O/c26-21(18-11-12-25-15-22-14-19(25)13-18)24-23-20(16-7-3-1-4-8-16)17-9-5-2-6-10-17/h1-10,14-15,18H,11-13H2,(H,24,26)/t18-/m0/s1. The van der Waals surface area contributed by atoms with E-state index in [1.54, 1.807) is 0 Å². The second-order valence-corrected chi connectivity index (χ2v) is 6.44. The summed E-state index contributed by atoms with van der Waals surface area (Å²) in [6.07, 6.45) is 5.16. The van der Waals surface area contributed by atoms with Crippen LogP contribution in [0, 0.1) is 5.92 Å². The van der Waals surface area contributed by atoms with Crippen LogP contribution in [0.3, 0.4) is 0 Å². The van der Waals surface area contributed by atoms with E-state index in [0.717, 1.165) is 35.5 Å². The van der Waals surface area contributed by atoms with E-state index in [1.165, 1.54) is 0 Å². The molecule has 0 saturated heterocycles. The van der Waals surface area contributed by atoms with Crippen LogP contribution in [0.1, 0.15) is 23.2 Å². The number of hydrogen-bond acceptors (Lipinski definition) is 3. The summed E-state index contributed by atoms with van der Waals surface area (Å²) < 4.78 is 2.10. The summed E-state index contributed by atoms with van der Waals surface area (Å²) in [4.78, 5) is 16.8. The van der Waals surface area contributed by atoms with Crippen LogP contribution in [0.15, 0.2) is 78.3 Å². The Morgan fingerprint density at radius 3 is 2.35 bits per heavy atom. The molecule has 1 atom stereocenters. The van der Waals surface area contributed by atoms with Crippen LogP contribution >= 0.6 is 0 Å². The van der Waals surface area contributed by atoms with E-state index in [0.29, 0.717) is 6.42 Å². The molecule has 0 fully saturated rings. The van der Waals surface area contributed by atoms with Gasteiger partial charge in [0.25, 0.3) is 0 Å². The quantitative estimate of drug-likeness (QED) is 0.584. The smallest absolute Gasteiger partial charge is 0.243 e. The van der Waals surface area contributed by atoms with Gasteiger partial charge in [0, 0.05) is 41.9 Å². The van der Waals surface area contributed by atoms with E-state index >= 15 is 0 Å². The molecule has 0 saturated carbocycles. The van der Waals surface area contributed by atoms with Crippen LogP contribution in [-0.2, 0) is 17.8 Å². The van der Waals surface area contributed by atoms with Crippen LogP contribution in [0.4, 0.5) is 0 Å². The first kappa shape index (κ1) is 16.3. The summed E-state index contributed by atoms with van der Waals surface area (Å²) in [6, 6.07) is 19.8. The molecule has 0 bridgehead atoms. The van der Waals surface area contributed by atoms with Gasteiger partial charge in [0.1, 0.15) is 0 Å². The van der Waals surface area contributed by atoms with Crippen LogP contribution < -0.4 is 5.43 Å². The number of aromatic nitrogens is 2. The van der Waals surface area contributed by atoms with Crippen molar-refractivity contribution in [2.45, 2.75) is 19.4 Å². The van der Waals surface area contributed by atoms with E-state index in [-0.39, 0.29) is 11.8 Å². The summed E-state index contributed by atoms with van der Waals surface area (Å²) in [5.74, 6) is -0.113. The van der Waals surface area contributed by atoms with Gasteiger partial charge < -0.3 is 4.57 Å². The zero-order valence-corrected chi connectivity index (χ0v) is 14.4. The van der Waals surface area contributed by atoms with E-state index in [9.17, 15) is 4.79 Å². The predicted octanol–water partition coefficient (Wildman–Crippen LogP) is 3.01. The Morgan fingerprint density at radius 2 is 1.69 bits per heavy atom. The molecular weight excluding hydrogens is 324 g/mol. The van der Waals surface area contributed by atoms with Gasteiger partial charge in [-0.15, -0.1) is 0 Å². The van der Waals surface area contributed by atoms with Gasteiger partial charge in [0.15, 0.2) is 0 Å². The lowest BCUT2D eigenvalue weighted by molar-refractivity contribution is -0.125. The number of imidazole rings is 1. The molecule has 0 aliphatic carbocycles. The van der Waals surface area contributed by atoms with Gasteiger partial charge in [0.05, 0.1) is 12.0 Å². The van der Waals surface area contributed by atoms with Crippen molar-refractivity contribution in [2.75, 3.05) is 0 Å². The second-order valence-electron chi connectivity index (χ2n) is 6.44. The first-order valence-corrected chi connectivity index (χ1v) is 8.78. The number of amides is 1. The summed E-state index contributed by atoms with van der Waals surface area (Å²) >= 11 is 0. The van der Waals surface area contributed by atoms with Crippen molar-refractivity contribution in [1.82, 2.24) is 15.0 Å². The van der Waals surface area contributed by atoms with Crippen LogP contribution in [-0.4, -0.2) is 21.2 Å². The Morgan fingerprint density at radius 1 is 1.04 bits per heavy atom. The van der Waals surface area contributed by atoms with Crippen molar-refractivity contribution in [3.05, 3.63) is 90.0 Å².